The zero-order chi connectivity index (χ0) is 9.26. The summed E-state index contributed by atoms with van der Waals surface area (Å²) >= 11 is 0. The molecule has 0 radical (unpaired) electrons. The largest absolute Gasteiger partial charge is 1.00 e. The van der Waals surface area contributed by atoms with Gasteiger partial charge in [-0.3, -0.25) is 9.34 Å². The topological polar surface area (TPSA) is 59.1 Å². The van der Waals surface area contributed by atoms with Gasteiger partial charge in [-0.25, -0.2) is 9.59 Å². The highest BCUT2D eigenvalue weighted by atomic mass is 35.5. The third-order valence-corrected chi connectivity index (χ3v) is 3.06. The number of ether oxygens (including phenoxy) is 2. The second kappa shape index (κ2) is 4.66. The maximum Gasteiger partial charge on any atom is 0.414 e. The summed E-state index contributed by atoms with van der Waals surface area (Å²) in [6.07, 6.45) is -0.698. The highest BCUT2D eigenvalue weighted by molar-refractivity contribution is 7.34. The van der Waals surface area contributed by atoms with E-state index in [9.17, 15) is 9.59 Å². The molecule has 0 aromatic carbocycles. The Labute approximate surface area is 88.8 Å². The Balaban J connectivity index is 0.000000980. The molecule has 6 nitrogen and oxygen atoms in total. The molecule has 80 valence electrons. The lowest BCUT2D eigenvalue weighted by molar-refractivity contribution is -0.0000140. The lowest BCUT2D eigenvalue weighted by Crippen LogP contribution is -3.00. The molecule has 2 rings (SSSR count). The molecule has 0 saturated carbocycles. The molecule has 0 spiro atoms. The second-order valence-corrected chi connectivity index (χ2v) is 3.91. The van der Waals surface area contributed by atoms with Gasteiger partial charge in [-0.15, -0.1) is 0 Å². The molecule has 2 fully saturated rings. The fourth-order valence-electron chi connectivity index (χ4n) is 1.11. The van der Waals surface area contributed by atoms with E-state index < -0.39 is 0 Å². The van der Waals surface area contributed by atoms with E-state index in [-0.39, 0.29) is 33.5 Å². The van der Waals surface area contributed by atoms with Gasteiger partial charge in [-0.2, -0.15) is 0 Å². The average molecular weight is 240 g/mol. The molecule has 2 saturated heterocycles. The zero-order valence-electron chi connectivity index (χ0n) is 7.23. The zero-order valence-corrected chi connectivity index (χ0v) is 8.99. The summed E-state index contributed by atoms with van der Waals surface area (Å²) in [4.78, 5) is 22.0. The first kappa shape index (κ1) is 11.3. The standard InChI is InChI=1S/C6H9N2O4P.ClH/c9-5-7(1-3-11-5)13-8-2-4-12-6(8)10;/h13H,1-4H2;1H/p-1. The molecule has 0 bridgehead atoms. The summed E-state index contributed by atoms with van der Waals surface area (Å²) in [6.45, 7) is 1.94. The number of hydrogen-bond acceptors (Lipinski definition) is 4. The third-order valence-electron chi connectivity index (χ3n) is 1.76. The predicted octanol–water partition coefficient (Wildman–Crippen LogP) is -2.60. The lowest BCUT2D eigenvalue weighted by Gasteiger charge is -2.18. The summed E-state index contributed by atoms with van der Waals surface area (Å²) in [5.41, 5.74) is 0. The van der Waals surface area contributed by atoms with Gasteiger partial charge in [0.25, 0.3) is 0 Å². The number of halogens is 1. The van der Waals surface area contributed by atoms with Gasteiger partial charge in [-0.1, -0.05) is 0 Å². The van der Waals surface area contributed by atoms with Crippen LogP contribution in [0.5, 0.6) is 0 Å². The van der Waals surface area contributed by atoms with Crippen molar-refractivity contribution in [2.45, 2.75) is 0 Å². The number of cyclic esters (lactones) is 2. The molecule has 2 aliphatic heterocycles. The minimum Gasteiger partial charge on any atom is -1.00 e. The van der Waals surface area contributed by atoms with Crippen molar-refractivity contribution < 1.29 is 31.5 Å². The minimum absolute atomic E-state index is 0. The molecule has 0 atom stereocenters. The number of hydrogen-bond donors (Lipinski definition) is 0. The van der Waals surface area contributed by atoms with E-state index in [4.69, 9.17) is 9.47 Å². The average Bonchev–Trinajstić information content (AvgIpc) is 2.65. The van der Waals surface area contributed by atoms with Gasteiger partial charge >= 0.3 is 12.2 Å². The first-order valence-electron chi connectivity index (χ1n) is 3.92. The van der Waals surface area contributed by atoms with Crippen LogP contribution in [0.15, 0.2) is 0 Å². The van der Waals surface area contributed by atoms with Crippen LogP contribution in [-0.2, 0) is 9.47 Å². The lowest BCUT2D eigenvalue weighted by atomic mass is 10.7. The molecule has 0 aromatic heterocycles. The van der Waals surface area contributed by atoms with Crippen LogP contribution in [0.25, 0.3) is 0 Å². The fraction of sp³-hybridized carbons (Fsp3) is 0.667. The van der Waals surface area contributed by atoms with Gasteiger partial charge in [0.15, 0.2) is 0 Å². The van der Waals surface area contributed by atoms with E-state index in [1.807, 2.05) is 0 Å². The van der Waals surface area contributed by atoms with E-state index in [2.05, 4.69) is 0 Å². The molecule has 0 N–H and O–H groups in total. The van der Waals surface area contributed by atoms with Crippen LogP contribution in [0.1, 0.15) is 0 Å². The number of nitrogens with zero attached hydrogens (tertiary/aromatic N) is 2. The third kappa shape index (κ3) is 2.19. The fourth-order valence-corrected chi connectivity index (χ4v) is 2.08. The SMILES string of the molecule is O=C1OCCN1PN1CCOC1=O.[Cl-]. The van der Waals surface area contributed by atoms with Gasteiger partial charge in [0.1, 0.15) is 13.2 Å². The monoisotopic (exact) mass is 239 g/mol. The normalized spacial score (nSPS) is 20.6. The van der Waals surface area contributed by atoms with Crippen molar-refractivity contribution in [1.82, 2.24) is 9.34 Å². The summed E-state index contributed by atoms with van der Waals surface area (Å²) in [5, 5.41) is 0. The van der Waals surface area contributed by atoms with Crippen LogP contribution in [-0.4, -0.2) is 47.8 Å². The van der Waals surface area contributed by atoms with Crippen LogP contribution in [0, 0.1) is 0 Å². The second-order valence-electron chi connectivity index (χ2n) is 2.63. The first-order valence-corrected chi connectivity index (χ1v) is 4.82. The van der Waals surface area contributed by atoms with Crippen molar-refractivity contribution in [3.63, 3.8) is 0 Å². The van der Waals surface area contributed by atoms with Crippen molar-refractivity contribution in [3.8, 4) is 0 Å². The maximum absolute atomic E-state index is 11.0. The van der Waals surface area contributed by atoms with Crippen LogP contribution >= 0.6 is 8.88 Å². The van der Waals surface area contributed by atoms with E-state index in [0.29, 0.717) is 26.3 Å². The minimum atomic E-state index is -0.349. The summed E-state index contributed by atoms with van der Waals surface area (Å²) in [6, 6.07) is 0. The van der Waals surface area contributed by atoms with Crippen LogP contribution in [0.4, 0.5) is 9.59 Å². The molecule has 2 aliphatic rings. The van der Waals surface area contributed by atoms with Gasteiger partial charge in [0.05, 0.1) is 22.0 Å². The van der Waals surface area contributed by atoms with E-state index in [0.717, 1.165) is 0 Å². The smallest absolute Gasteiger partial charge is 0.414 e. The van der Waals surface area contributed by atoms with Gasteiger partial charge < -0.3 is 21.9 Å². The number of rotatable bonds is 2. The van der Waals surface area contributed by atoms with Gasteiger partial charge in [0.2, 0.25) is 0 Å². The molecule has 0 unspecified atom stereocenters. The molecular weight excluding hydrogens is 231 g/mol. The molecule has 2 heterocycles. The van der Waals surface area contributed by atoms with Crippen molar-refractivity contribution in [1.29, 1.82) is 0 Å². The van der Waals surface area contributed by atoms with Gasteiger partial charge in [-0.05, 0) is 0 Å². The Morgan fingerprint density at radius 3 is 1.71 bits per heavy atom. The first-order chi connectivity index (χ1) is 6.27. The molecule has 8 heteroatoms. The van der Waals surface area contributed by atoms with E-state index >= 15 is 0 Å². The molecule has 14 heavy (non-hydrogen) atoms. The number of carbonyl (C=O) groups excluding carboxylic acids is 2. The van der Waals surface area contributed by atoms with Crippen LogP contribution in [0.3, 0.4) is 0 Å². The van der Waals surface area contributed by atoms with Crippen molar-refractivity contribution >= 4 is 21.1 Å². The summed E-state index contributed by atoms with van der Waals surface area (Å²) in [5.74, 6) is 0. The summed E-state index contributed by atoms with van der Waals surface area (Å²) < 4.78 is 12.5. The highest BCUT2D eigenvalue weighted by Crippen LogP contribution is 2.29. The summed E-state index contributed by atoms with van der Waals surface area (Å²) in [7, 11) is 0.0177. The Hall–Kier alpha value is -0.740. The Morgan fingerprint density at radius 1 is 1.00 bits per heavy atom. The van der Waals surface area contributed by atoms with Crippen LogP contribution in [0.2, 0.25) is 0 Å². The molecular formula is C6H9ClN2O4P-. The van der Waals surface area contributed by atoms with Crippen molar-refractivity contribution in [2.24, 2.45) is 0 Å². The van der Waals surface area contributed by atoms with E-state index in [1.54, 1.807) is 0 Å². The highest BCUT2D eigenvalue weighted by Gasteiger charge is 2.29. The molecule has 0 aliphatic carbocycles. The quantitative estimate of drug-likeness (QED) is 0.496. The molecule has 0 aromatic rings. The Morgan fingerprint density at radius 2 is 1.43 bits per heavy atom. The predicted molar refractivity (Wildman–Crippen MR) is 44.4 cm³/mol. The van der Waals surface area contributed by atoms with E-state index in [1.165, 1.54) is 9.34 Å². The Kier molecular flexibility index (Phi) is 3.77. The number of amides is 2. The number of carbonyl (C=O) groups is 2. The van der Waals surface area contributed by atoms with Crippen molar-refractivity contribution in [2.75, 3.05) is 26.3 Å². The molecule has 2 amide bonds. The maximum atomic E-state index is 11.0. The Bertz CT molecular complexity index is 228. The van der Waals surface area contributed by atoms with Crippen LogP contribution < -0.4 is 12.4 Å². The van der Waals surface area contributed by atoms with Crippen molar-refractivity contribution in [3.05, 3.63) is 0 Å². The van der Waals surface area contributed by atoms with Gasteiger partial charge in [0, 0.05) is 0 Å².